The van der Waals surface area contributed by atoms with E-state index in [1.54, 1.807) is 0 Å². The van der Waals surface area contributed by atoms with E-state index < -0.39 is 0 Å². The maximum Gasteiger partial charge on any atom is 0.0517 e. The summed E-state index contributed by atoms with van der Waals surface area (Å²) in [6.07, 6.45) is 2.97. The van der Waals surface area contributed by atoms with Crippen LogP contribution in [0.15, 0.2) is 24.3 Å². The van der Waals surface area contributed by atoms with Crippen molar-refractivity contribution in [3.05, 3.63) is 35.4 Å². The van der Waals surface area contributed by atoms with E-state index in [4.69, 9.17) is 0 Å². The van der Waals surface area contributed by atoms with Crippen LogP contribution in [0.25, 0.3) is 0 Å². The molecule has 2 atom stereocenters. The van der Waals surface area contributed by atoms with Gasteiger partial charge in [0.25, 0.3) is 0 Å². The highest BCUT2D eigenvalue weighted by Crippen LogP contribution is 2.21. The molecule has 0 aliphatic carbocycles. The van der Waals surface area contributed by atoms with Gasteiger partial charge in [-0.15, -0.1) is 0 Å². The third kappa shape index (κ3) is 4.05. The van der Waals surface area contributed by atoms with Crippen molar-refractivity contribution in [2.75, 3.05) is 0 Å². The normalized spacial score (nSPS) is 14.9. The molecular formula is C14H22O. The number of rotatable bonds is 5. The smallest absolute Gasteiger partial charge is 0.0517 e. The van der Waals surface area contributed by atoms with Crippen molar-refractivity contribution < 1.29 is 5.11 Å². The third-order valence-corrected chi connectivity index (χ3v) is 2.75. The van der Waals surface area contributed by atoms with Crippen LogP contribution in [-0.2, 0) is 6.42 Å². The van der Waals surface area contributed by atoms with Crippen molar-refractivity contribution in [1.29, 1.82) is 0 Å². The van der Waals surface area contributed by atoms with E-state index in [2.05, 4.69) is 38.1 Å². The van der Waals surface area contributed by atoms with Gasteiger partial charge in [0.15, 0.2) is 0 Å². The van der Waals surface area contributed by atoms with Gasteiger partial charge in [0.2, 0.25) is 0 Å². The minimum Gasteiger partial charge on any atom is -0.393 e. The molecule has 1 N–H and O–H groups in total. The summed E-state index contributed by atoms with van der Waals surface area (Å²) < 4.78 is 0. The highest BCUT2D eigenvalue weighted by atomic mass is 16.3. The molecule has 1 heteroatoms. The molecule has 0 bridgehead atoms. The summed E-state index contributed by atoms with van der Waals surface area (Å²) in [5.74, 6) is 0.446. The van der Waals surface area contributed by atoms with Crippen LogP contribution in [0.1, 0.15) is 50.7 Å². The largest absolute Gasteiger partial charge is 0.393 e. The number of aliphatic hydroxyl groups is 1. The predicted octanol–water partition coefficient (Wildman–Crippen LogP) is 3.51. The van der Waals surface area contributed by atoms with Crippen LogP contribution >= 0.6 is 0 Å². The number of aryl methyl sites for hydroxylation is 1. The molecule has 0 heterocycles. The maximum atomic E-state index is 9.36. The maximum absolute atomic E-state index is 9.36. The SMILES string of the molecule is CCCc1cccc(C(C)CC(C)O)c1. The first-order chi connectivity index (χ1) is 7.13. The van der Waals surface area contributed by atoms with Gasteiger partial charge in [0.05, 0.1) is 6.10 Å². The van der Waals surface area contributed by atoms with E-state index in [0.29, 0.717) is 5.92 Å². The molecule has 84 valence electrons. The Morgan fingerprint density at radius 2 is 2.00 bits per heavy atom. The molecule has 0 aliphatic heterocycles. The molecule has 0 fully saturated rings. The van der Waals surface area contributed by atoms with Gasteiger partial charge >= 0.3 is 0 Å². The molecule has 0 aromatic heterocycles. The van der Waals surface area contributed by atoms with Crippen molar-refractivity contribution >= 4 is 0 Å². The fourth-order valence-electron chi connectivity index (χ4n) is 1.99. The first-order valence-corrected chi connectivity index (χ1v) is 5.90. The topological polar surface area (TPSA) is 20.2 Å². The lowest BCUT2D eigenvalue weighted by Crippen LogP contribution is -2.06. The summed E-state index contributed by atoms with van der Waals surface area (Å²) >= 11 is 0. The molecule has 15 heavy (non-hydrogen) atoms. The van der Waals surface area contributed by atoms with E-state index >= 15 is 0 Å². The van der Waals surface area contributed by atoms with Gasteiger partial charge in [-0.2, -0.15) is 0 Å². The van der Waals surface area contributed by atoms with Gasteiger partial charge in [-0.05, 0) is 36.8 Å². The fraction of sp³-hybridized carbons (Fsp3) is 0.571. The molecular weight excluding hydrogens is 184 g/mol. The summed E-state index contributed by atoms with van der Waals surface area (Å²) in [6.45, 7) is 6.23. The first-order valence-electron chi connectivity index (χ1n) is 5.90. The molecule has 2 unspecified atom stereocenters. The van der Waals surface area contributed by atoms with E-state index in [1.165, 1.54) is 17.5 Å². The zero-order chi connectivity index (χ0) is 11.3. The molecule has 0 aliphatic rings. The molecule has 0 spiro atoms. The van der Waals surface area contributed by atoms with E-state index in [9.17, 15) is 5.11 Å². The van der Waals surface area contributed by atoms with Crippen LogP contribution < -0.4 is 0 Å². The molecule has 1 nitrogen and oxygen atoms in total. The number of hydrogen-bond donors (Lipinski definition) is 1. The van der Waals surface area contributed by atoms with Crippen LogP contribution in [0.4, 0.5) is 0 Å². The van der Waals surface area contributed by atoms with Crippen molar-refractivity contribution in [2.45, 2.75) is 52.1 Å². The Morgan fingerprint density at radius 1 is 1.27 bits per heavy atom. The Morgan fingerprint density at radius 3 is 2.60 bits per heavy atom. The van der Waals surface area contributed by atoms with E-state index in [1.807, 2.05) is 6.92 Å². The lowest BCUT2D eigenvalue weighted by Gasteiger charge is -2.14. The monoisotopic (exact) mass is 206 g/mol. The van der Waals surface area contributed by atoms with Gasteiger partial charge in [0, 0.05) is 0 Å². The van der Waals surface area contributed by atoms with Gasteiger partial charge in [-0.1, -0.05) is 44.5 Å². The second-order valence-electron chi connectivity index (χ2n) is 4.48. The predicted molar refractivity (Wildman–Crippen MR) is 65.1 cm³/mol. The Balaban J connectivity index is 2.71. The van der Waals surface area contributed by atoms with Crippen molar-refractivity contribution in [1.82, 2.24) is 0 Å². The van der Waals surface area contributed by atoms with Crippen LogP contribution in [0.2, 0.25) is 0 Å². The van der Waals surface area contributed by atoms with Crippen molar-refractivity contribution in [3.63, 3.8) is 0 Å². The average Bonchev–Trinajstić information content (AvgIpc) is 2.17. The summed E-state index contributed by atoms with van der Waals surface area (Å²) in [6, 6.07) is 8.74. The van der Waals surface area contributed by atoms with Crippen LogP contribution in [0.3, 0.4) is 0 Å². The molecule has 1 aromatic carbocycles. The highest BCUT2D eigenvalue weighted by Gasteiger charge is 2.08. The summed E-state index contributed by atoms with van der Waals surface area (Å²) in [7, 11) is 0. The van der Waals surface area contributed by atoms with Gasteiger partial charge in [-0.3, -0.25) is 0 Å². The minimum atomic E-state index is -0.213. The lowest BCUT2D eigenvalue weighted by atomic mass is 9.93. The molecule has 1 rings (SSSR count). The number of aliphatic hydroxyl groups excluding tert-OH is 1. The van der Waals surface area contributed by atoms with E-state index in [0.717, 1.165) is 12.8 Å². The number of hydrogen-bond acceptors (Lipinski definition) is 1. The van der Waals surface area contributed by atoms with Crippen LogP contribution in [0.5, 0.6) is 0 Å². The highest BCUT2D eigenvalue weighted by molar-refractivity contribution is 5.26. The average molecular weight is 206 g/mol. The van der Waals surface area contributed by atoms with Crippen molar-refractivity contribution in [2.24, 2.45) is 0 Å². The zero-order valence-corrected chi connectivity index (χ0v) is 10.0. The Kier molecular flexibility index (Phi) is 4.83. The van der Waals surface area contributed by atoms with Crippen LogP contribution in [0, 0.1) is 0 Å². The second-order valence-corrected chi connectivity index (χ2v) is 4.48. The van der Waals surface area contributed by atoms with Crippen LogP contribution in [-0.4, -0.2) is 11.2 Å². The minimum absolute atomic E-state index is 0.213. The van der Waals surface area contributed by atoms with Gasteiger partial charge in [0.1, 0.15) is 0 Å². The fourth-order valence-corrected chi connectivity index (χ4v) is 1.99. The standard InChI is InChI=1S/C14H22O/c1-4-6-13-7-5-8-14(10-13)11(2)9-12(3)15/h5,7-8,10-12,15H,4,6,9H2,1-3H3. The molecule has 0 radical (unpaired) electrons. The summed E-state index contributed by atoms with van der Waals surface area (Å²) in [4.78, 5) is 0. The third-order valence-electron chi connectivity index (χ3n) is 2.75. The van der Waals surface area contributed by atoms with Crippen molar-refractivity contribution in [3.8, 4) is 0 Å². The summed E-state index contributed by atoms with van der Waals surface area (Å²) in [5, 5.41) is 9.36. The Bertz CT molecular complexity index is 291. The van der Waals surface area contributed by atoms with Gasteiger partial charge < -0.3 is 5.11 Å². The first kappa shape index (κ1) is 12.3. The molecule has 1 aromatic rings. The summed E-state index contributed by atoms with van der Waals surface area (Å²) in [5.41, 5.74) is 2.76. The zero-order valence-electron chi connectivity index (χ0n) is 10.0. The molecule has 0 amide bonds. The van der Waals surface area contributed by atoms with Gasteiger partial charge in [-0.25, -0.2) is 0 Å². The lowest BCUT2D eigenvalue weighted by molar-refractivity contribution is 0.176. The second kappa shape index (κ2) is 5.92. The van der Waals surface area contributed by atoms with E-state index in [-0.39, 0.29) is 6.10 Å². The Hall–Kier alpha value is -0.820. The quantitative estimate of drug-likeness (QED) is 0.781. The number of benzene rings is 1. The molecule has 0 saturated heterocycles. The Labute approximate surface area is 93.1 Å². The molecule has 0 saturated carbocycles.